The molecule has 0 saturated carbocycles. The predicted octanol–water partition coefficient (Wildman–Crippen LogP) is 1.26. The average molecular weight is 302 g/mol. The van der Waals surface area contributed by atoms with Crippen molar-refractivity contribution in [2.24, 2.45) is 0 Å². The largest absolute Gasteiger partial charge is 0.480 e. The zero-order valence-corrected chi connectivity index (χ0v) is 12.4. The van der Waals surface area contributed by atoms with E-state index in [4.69, 9.17) is 4.74 Å². The maximum atomic E-state index is 12.5. The predicted molar refractivity (Wildman–Crippen MR) is 80.6 cm³/mol. The van der Waals surface area contributed by atoms with Gasteiger partial charge in [0.15, 0.2) is 6.04 Å². The number of amides is 1. The molecule has 0 spiro atoms. The molecule has 0 aliphatic carbocycles. The summed E-state index contributed by atoms with van der Waals surface area (Å²) in [4.78, 5) is 25.2. The maximum Gasteiger partial charge on any atom is 0.328 e. The van der Waals surface area contributed by atoms with Crippen molar-refractivity contribution >= 4 is 22.8 Å². The van der Waals surface area contributed by atoms with E-state index in [2.05, 4.69) is 0 Å². The minimum atomic E-state index is -1.03. The van der Waals surface area contributed by atoms with Crippen molar-refractivity contribution in [3.05, 3.63) is 36.0 Å². The first-order valence-corrected chi connectivity index (χ1v) is 7.22. The lowest BCUT2D eigenvalue weighted by molar-refractivity contribution is -0.158. The highest BCUT2D eigenvalue weighted by Gasteiger charge is 2.32. The van der Waals surface area contributed by atoms with Gasteiger partial charge in [-0.2, -0.15) is 0 Å². The standard InChI is InChI=1S/C16H18N2O4/c1-11-8-17(13-5-3-2-4-12(11)13)9-15(19)18-6-7-22-10-14(18)16(20)21/h2-5,8,14H,6-7,9-10H2,1H3,(H,20,21)/t14-/m0/s1. The number of hydrogen-bond acceptors (Lipinski definition) is 3. The molecular weight excluding hydrogens is 284 g/mol. The van der Waals surface area contributed by atoms with Crippen LogP contribution in [0.3, 0.4) is 0 Å². The van der Waals surface area contributed by atoms with Crippen molar-refractivity contribution in [3.8, 4) is 0 Å². The summed E-state index contributed by atoms with van der Waals surface area (Å²) in [6, 6.07) is 6.97. The van der Waals surface area contributed by atoms with Crippen LogP contribution in [0.5, 0.6) is 0 Å². The van der Waals surface area contributed by atoms with Crippen molar-refractivity contribution in [1.82, 2.24) is 9.47 Å². The molecule has 22 heavy (non-hydrogen) atoms. The molecule has 116 valence electrons. The number of para-hydroxylation sites is 1. The number of carboxylic acids is 1. The van der Waals surface area contributed by atoms with E-state index in [1.165, 1.54) is 4.90 Å². The molecule has 3 rings (SSSR count). The van der Waals surface area contributed by atoms with E-state index in [0.717, 1.165) is 16.5 Å². The van der Waals surface area contributed by atoms with Gasteiger partial charge < -0.3 is 19.3 Å². The van der Waals surface area contributed by atoms with Crippen LogP contribution in [0.4, 0.5) is 0 Å². The fraction of sp³-hybridized carbons (Fsp3) is 0.375. The van der Waals surface area contributed by atoms with Crippen LogP contribution < -0.4 is 0 Å². The van der Waals surface area contributed by atoms with Gasteiger partial charge in [-0.05, 0) is 18.6 Å². The Balaban J connectivity index is 1.85. The third kappa shape index (κ3) is 2.57. The van der Waals surface area contributed by atoms with Gasteiger partial charge in [0.1, 0.15) is 6.54 Å². The average Bonchev–Trinajstić information content (AvgIpc) is 2.84. The summed E-state index contributed by atoms with van der Waals surface area (Å²) in [5, 5.41) is 10.3. The number of fused-ring (bicyclic) bond motifs is 1. The zero-order chi connectivity index (χ0) is 15.7. The van der Waals surface area contributed by atoms with Crippen molar-refractivity contribution < 1.29 is 19.4 Å². The number of rotatable bonds is 3. The fourth-order valence-corrected chi connectivity index (χ4v) is 2.90. The van der Waals surface area contributed by atoms with Gasteiger partial charge in [0.25, 0.3) is 0 Å². The fourth-order valence-electron chi connectivity index (χ4n) is 2.90. The van der Waals surface area contributed by atoms with Crippen LogP contribution in [0.2, 0.25) is 0 Å². The van der Waals surface area contributed by atoms with Crippen molar-refractivity contribution in [2.45, 2.75) is 19.5 Å². The summed E-state index contributed by atoms with van der Waals surface area (Å²) in [5.41, 5.74) is 2.08. The number of aliphatic carboxylic acids is 1. The minimum Gasteiger partial charge on any atom is -0.480 e. The number of ether oxygens (including phenoxy) is 1. The molecule has 1 N–H and O–H groups in total. The third-order valence-electron chi connectivity index (χ3n) is 4.03. The van der Waals surface area contributed by atoms with E-state index >= 15 is 0 Å². The molecule has 0 bridgehead atoms. The quantitative estimate of drug-likeness (QED) is 0.926. The summed E-state index contributed by atoms with van der Waals surface area (Å²) in [5.74, 6) is -1.22. The van der Waals surface area contributed by atoms with Crippen molar-refractivity contribution in [3.63, 3.8) is 0 Å². The topological polar surface area (TPSA) is 71.8 Å². The lowest BCUT2D eigenvalue weighted by Crippen LogP contribution is -2.53. The molecule has 1 aromatic heterocycles. The Bertz CT molecular complexity index is 722. The first kappa shape index (κ1) is 14.6. The molecular formula is C16H18N2O4. The number of morpholine rings is 1. The highest BCUT2D eigenvalue weighted by molar-refractivity contribution is 5.87. The zero-order valence-electron chi connectivity index (χ0n) is 12.4. The van der Waals surface area contributed by atoms with Crippen molar-refractivity contribution in [2.75, 3.05) is 19.8 Å². The molecule has 6 heteroatoms. The Hall–Kier alpha value is -2.34. The number of nitrogens with zero attached hydrogens (tertiary/aromatic N) is 2. The molecule has 1 aliphatic rings. The number of carbonyl (C=O) groups is 2. The number of carboxylic acid groups (broad SMARTS) is 1. The first-order valence-electron chi connectivity index (χ1n) is 7.22. The lowest BCUT2D eigenvalue weighted by atomic mass is 10.2. The molecule has 1 fully saturated rings. The number of benzene rings is 1. The smallest absolute Gasteiger partial charge is 0.328 e. The Kier molecular flexibility index (Phi) is 3.85. The molecule has 2 heterocycles. The highest BCUT2D eigenvalue weighted by Crippen LogP contribution is 2.21. The van der Waals surface area contributed by atoms with E-state index in [0.29, 0.717) is 13.2 Å². The maximum absolute atomic E-state index is 12.5. The van der Waals surface area contributed by atoms with E-state index < -0.39 is 12.0 Å². The van der Waals surface area contributed by atoms with Crippen molar-refractivity contribution in [1.29, 1.82) is 0 Å². The molecule has 6 nitrogen and oxygen atoms in total. The van der Waals surface area contributed by atoms with E-state index in [1.54, 1.807) is 0 Å². The molecule has 2 aromatic rings. The summed E-state index contributed by atoms with van der Waals surface area (Å²) in [6.07, 6.45) is 1.93. The van der Waals surface area contributed by atoms with Gasteiger partial charge in [-0.15, -0.1) is 0 Å². The third-order valence-corrected chi connectivity index (χ3v) is 4.03. The number of aryl methyl sites for hydroxylation is 1. The Morgan fingerprint density at radius 1 is 1.36 bits per heavy atom. The van der Waals surface area contributed by atoms with Gasteiger partial charge >= 0.3 is 5.97 Å². The monoisotopic (exact) mass is 302 g/mol. The number of aromatic nitrogens is 1. The van der Waals surface area contributed by atoms with Crippen LogP contribution >= 0.6 is 0 Å². The summed E-state index contributed by atoms with van der Waals surface area (Å²) < 4.78 is 7.04. The Labute approximate surface area is 127 Å². The van der Waals surface area contributed by atoms with E-state index in [1.807, 2.05) is 42.0 Å². The summed E-state index contributed by atoms with van der Waals surface area (Å²) >= 11 is 0. The first-order chi connectivity index (χ1) is 10.6. The normalized spacial score (nSPS) is 18.6. The van der Waals surface area contributed by atoms with E-state index in [9.17, 15) is 14.7 Å². The van der Waals surface area contributed by atoms with Gasteiger partial charge in [-0.25, -0.2) is 4.79 Å². The van der Waals surface area contributed by atoms with Crippen LogP contribution in [0.15, 0.2) is 30.5 Å². The van der Waals surface area contributed by atoms with Crippen LogP contribution in [0, 0.1) is 6.92 Å². The van der Waals surface area contributed by atoms with Crippen LogP contribution in [-0.4, -0.2) is 52.3 Å². The molecule has 1 atom stereocenters. The SMILES string of the molecule is Cc1cn(CC(=O)N2CCOC[C@H]2C(=O)O)c2ccccc12. The summed E-state index contributed by atoms with van der Waals surface area (Å²) in [6.45, 7) is 2.87. The molecule has 1 saturated heterocycles. The van der Waals surface area contributed by atoms with Gasteiger partial charge in [0.05, 0.1) is 13.2 Å². The van der Waals surface area contributed by atoms with Gasteiger partial charge in [0, 0.05) is 23.6 Å². The molecule has 0 unspecified atom stereocenters. The second-order valence-electron chi connectivity index (χ2n) is 5.47. The van der Waals surface area contributed by atoms with Gasteiger partial charge in [-0.3, -0.25) is 4.79 Å². The van der Waals surface area contributed by atoms with Gasteiger partial charge in [-0.1, -0.05) is 18.2 Å². The van der Waals surface area contributed by atoms with Crippen LogP contribution in [-0.2, 0) is 20.9 Å². The number of hydrogen-bond donors (Lipinski definition) is 1. The molecule has 1 amide bonds. The Morgan fingerprint density at radius 3 is 2.91 bits per heavy atom. The van der Waals surface area contributed by atoms with E-state index in [-0.39, 0.29) is 19.1 Å². The second-order valence-corrected chi connectivity index (χ2v) is 5.47. The Morgan fingerprint density at radius 2 is 2.14 bits per heavy atom. The highest BCUT2D eigenvalue weighted by atomic mass is 16.5. The number of carbonyl (C=O) groups excluding carboxylic acids is 1. The summed E-state index contributed by atoms with van der Waals surface area (Å²) in [7, 11) is 0. The lowest BCUT2D eigenvalue weighted by Gasteiger charge is -2.33. The van der Waals surface area contributed by atoms with Crippen LogP contribution in [0.25, 0.3) is 10.9 Å². The van der Waals surface area contributed by atoms with Crippen LogP contribution in [0.1, 0.15) is 5.56 Å². The molecule has 1 aliphatic heterocycles. The van der Waals surface area contributed by atoms with Gasteiger partial charge in [0.2, 0.25) is 5.91 Å². The second kappa shape index (κ2) is 5.81. The minimum absolute atomic E-state index is 0.0481. The molecule has 1 aromatic carbocycles. The molecule has 0 radical (unpaired) electrons.